The van der Waals surface area contributed by atoms with Crippen LogP contribution in [0.3, 0.4) is 0 Å². The third kappa shape index (κ3) is 2.28. The van der Waals surface area contributed by atoms with Gasteiger partial charge in [-0.15, -0.1) is 0 Å². The lowest BCUT2D eigenvalue weighted by Crippen LogP contribution is -2.00. The summed E-state index contributed by atoms with van der Waals surface area (Å²) in [6, 6.07) is 10.9. The van der Waals surface area contributed by atoms with Gasteiger partial charge in [0.2, 0.25) is 0 Å². The van der Waals surface area contributed by atoms with E-state index >= 15 is 0 Å². The van der Waals surface area contributed by atoms with E-state index in [0.717, 1.165) is 0 Å². The molecule has 0 fully saturated rings. The van der Waals surface area contributed by atoms with Gasteiger partial charge in [-0.2, -0.15) is 0 Å². The second-order valence-electron chi connectivity index (χ2n) is 3.56. The van der Waals surface area contributed by atoms with E-state index in [4.69, 9.17) is 0 Å². The number of rotatable bonds is 3. The monoisotopic (exact) mass is 182 g/mol. The van der Waals surface area contributed by atoms with Gasteiger partial charge in [-0.3, -0.25) is 0 Å². The molecule has 0 nitrogen and oxygen atoms in total. The van der Waals surface area contributed by atoms with Crippen LogP contribution in [0.15, 0.2) is 35.2 Å². The van der Waals surface area contributed by atoms with E-state index in [-0.39, 0.29) is 0 Å². The van der Waals surface area contributed by atoms with Crippen molar-refractivity contribution < 1.29 is 0 Å². The predicted octanol–water partition coefficient (Wildman–Crippen LogP) is 3.52. The van der Waals surface area contributed by atoms with Crippen molar-refractivity contribution in [3.8, 4) is 0 Å². The van der Waals surface area contributed by atoms with Crippen molar-refractivity contribution >= 4 is 10.0 Å². The van der Waals surface area contributed by atoms with Gasteiger partial charge in [0.05, 0.1) is 0 Å². The minimum absolute atomic E-state index is 0.510. The van der Waals surface area contributed by atoms with Gasteiger partial charge < -0.3 is 0 Å². The van der Waals surface area contributed by atoms with Gasteiger partial charge in [0.1, 0.15) is 0 Å². The SMILES string of the molecule is CCCS(C)(C)c1ccccc1. The van der Waals surface area contributed by atoms with Crippen molar-refractivity contribution in [2.24, 2.45) is 0 Å². The molecule has 12 heavy (non-hydrogen) atoms. The van der Waals surface area contributed by atoms with Crippen molar-refractivity contribution in [1.82, 2.24) is 0 Å². The molecule has 1 aromatic carbocycles. The zero-order valence-corrected chi connectivity index (χ0v) is 9.03. The molecule has 0 radical (unpaired) electrons. The van der Waals surface area contributed by atoms with E-state index in [1.54, 1.807) is 0 Å². The van der Waals surface area contributed by atoms with Crippen LogP contribution < -0.4 is 0 Å². The van der Waals surface area contributed by atoms with Gasteiger partial charge in [0, 0.05) is 0 Å². The first-order valence-electron chi connectivity index (χ1n) is 4.43. The van der Waals surface area contributed by atoms with Crippen molar-refractivity contribution in [3.63, 3.8) is 0 Å². The third-order valence-corrected chi connectivity index (χ3v) is 5.07. The van der Waals surface area contributed by atoms with Crippen LogP contribution in [0, 0.1) is 0 Å². The van der Waals surface area contributed by atoms with Crippen molar-refractivity contribution in [3.05, 3.63) is 30.3 Å². The van der Waals surface area contributed by atoms with Gasteiger partial charge in [0.25, 0.3) is 0 Å². The second kappa shape index (κ2) is 3.99. The Bertz CT molecular complexity index is 226. The lowest BCUT2D eigenvalue weighted by Gasteiger charge is -2.31. The molecule has 0 heterocycles. The summed E-state index contributed by atoms with van der Waals surface area (Å²) in [7, 11) is -0.510. The summed E-state index contributed by atoms with van der Waals surface area (Å²) in [4.78, 5) is 1.53. The van der Waals surface area contributed by atoms with Gasteiger partial charge in [-0.05, 0) is 29.6 Å². The fourth-order valence-electron chi connectivity index (χ4n) is 1.42. The molecule has 0 atom stereocenters. The topological polar surface area (TPSA) is 0 Å². The van der Waals surface area contributed by atoms with Gasteiger partial charge in [-0.25, -0.2) is 10.0 Å². The molecule has 0 N–H and O–H groups in total. The molecule has 68 valence electrons. The summed E-state index contributed by atoms with van der Waals surface area (Å²) in [5.74, 6) is 1.34. The highest BCUT2D eigenvalue weighted by atomic mass is 32.3. The first-order valence-corrected chi connectivity index (χ1v) is 7.05. The summed E-state index contributed by atoms with van der Waals surface area (Å²) in [5.41, 5.74) is 0. The second-order valence-corrected chi connectivity index (χ2v) is 7.51. The highest BCUT2D eigenvalue weighted by Gasteiger charge is 2.11. The highest BCUT2D eigenvalue weighted by Crippen LogP contribution is 2.48. The maximum absolute atomic E-state index is 2.39. The molecule has 1 heteroatoms. The van der Waals surface area contributed by atoms with E-state index < -0.39 is 10.0 Å². The fourth-order valence-corrected chi connectivity index (χ4v) is 3.57. The zero-order valence-electron chi connectivity index (χ0n) is 8.21. The van der Waals surface area contributed by atoms with Crippen LogP contribution in [0.4, 0.5) is 0 Å². The standard InChI is InChI=1S/C11H18S/c1-4-10-12(2,3)11-8-6-5-7-9-11/h5-9H,4,10H2,1-3H3. The van der Waals surface area contributed by atoms with E-state index in [0.29, 0.717) is 0 Å². The molecule has 0 bridgehead atoms. The summed E-state index contributed by atoms with van der Waals surface area (Å²) in [5, 5.41) is 0. The molecule has 0 saturated heterocycles. The van der Waals surface area contributed by atoms with E-state index in [9.17, 15) is 0 Å². The fraction of sp³-hybridized carbons (Fsp3) is 0.455. The van der Waals surface area contributed by atoms with E-state index in [1.807, 2.05) is 0 Å². The van der Waals surface area contributed by atoms with Crippen molar-refractivity contribution in [1.29, 1.82) is 0 Å². The highest BCUT2D eigenvalue weighted by molar-refractivity contribution is 8.32. The maximum Gasteiger partial charge on any atom is -0.0104 e. The molecule has 0 aromatic heterocycles. The molecule has 0 unspecified atom stereocenters. The molecular formula is C11H18S. The molecule has 1 rings (SSSR count). The first-order chi connectivity index (χ1) is 5.67. The Hall–Kier alpha value is -0.430. The van der Waals surface area contributed by atoms with Crippen LogP contribution in [-0.2, 0) is 0 Å². The van der Waals surface area contributed by atoms with E-state index in [2.05, 4.69) is 49.8 Å². The largest absolute Gasteiger partial charge is 0.220 e. The molecule has 0 aliphatic carbocycles. The van der Waals surface area contributed by atoms with Crippen molar-refractivity contribution in [2.75, 3.05) is 18.3 Å². The summed E-state index contributed by atoms with van der Waals surface area (Å²) in [6.45, 7) is 2.26. The van der Waals surface area contributed by atoms with Gasteiger partial charge in [0.15, 0.2) is 0 Å². The van der Waals surface area contributed by atoms with Crippen LogP contribution in [-0.4, -0.2) is 18.3 Å². The molecule has 0 aliphatic rings. The van der Waals surface area contributed by atoms with Crippen LogP contribution in [0.1, 0.15) is 13.3 Å². The molecule has 1 aromatic rings. The number of hydrogen-bond donors (Lipinski definition) is 0. The van der Waals surface area contributed by atoms with Crippen molar-refractivity contribution in [2.45, 2.75) is 18.2 Å². The van der Waals surface area contributed by atoms with Crippen LogP contribution >= 0.6 is 10.0 Å². The average molecular weight is 182 g/mol. The van der Waals surface area contributed by atoms with E-state index in [1.165, 1.54) is 17.1 Å². The molecular weight excluding hydrogens is 164 g/mol. The average Bonchev–Trinajstić information content (AvgIpc) is 2.06. The molecule has 0 saturated carbocycles. The van der Waals surface area contributed by atoms with Crippen LogP contribution in [0.25, 0.3) is 0 Å². The predicted molar refractivity (Wildman–Crippen MR) is 59.3 cm³/mol. The Kier molecular flexibility index (Phi) is 3.21. The summed E-state index contributed by atoms with van der Waals surface area (Å²) < 4.78 is 0. The zero-order chi connectivity index (χ0) is 9.03. The smallest absolute Gasteiger partial charge is 0.0104 e. The Labute approximate surface area is 77.3 Å². The minimum Gasteiger partial charge on any atom is -0.220 e. The Balaban J connectivity index is 2.82. The minimum atomic E-state index is -0.510. The Morgan fingerprint density at radius 1 is 1.08 bits per heavy atom. The van der Waals surface area contributed by atoms with Crippen LogP contribution in [0.2, 0.25) is 0 Å². The number of benzene rings is 1. The Morgan fingerprint density at radius 2 is 1.67 bits per heavy atom. The quantitative estimate of drug-likeness (QED) is 0.671. The third-order valence-electron chi connectivity index (χ3n) is 2.10. The number of hydrogen-bond acceptors (Lipinski definition) is 0. The molecule has 0 amide bonds. The normalized spacial score (nSPS) is 12.9. The van der Waals surface area contributed by atoms with Gasteiger partial charge in [-0.1, -0.05) is 37.3 Å². The maximum atomic E-state index is 2.39. The van der Waals surface area contributed by atoms with Crippen LogP contribution in [0.5, 0.6) is 0 Å². The molecule has 0 spiro atoms. The summed E-state index contributed by atoms with van der Waals surface area (Å²) in [6.07, 6.45) is 6.08. The lowest BCUT2D eigenvalue weighted by molar-refractivity contribution is 1.09. The molecule has 0 aliphatic heterocycles. The Morgan fingerprint density at radius 3 is 2.17 bits per heavy atom. The van der Waals surface area contributed by atoms with Gasteiger partial charge >= 0.3 is 0 Å². The lowest BCUT2D eigenvalue weighted by atomic mass is 10.4. The first kappa shape index (κ1) is 9.66. The summed E-state index contributed by atoms with van der Waals surface area (Å²) >= 11 is 0.